The summed E-state index contributed by atoms with van der Waals surface area (Å²) >= 11 is 0. The predicted octanol–water partition coefficient (Wildman–Crippen LogP) is 2.07. The van der Waals surface area contributed by atoms with Crippen LogP contribution in [-0.4, -0.2) is 86.5 Å². The highest BCUT2D eigenvalue weighted by molar-refractivity contribution is 6.12. The first-order chi connectivity index (χ1) is 19.7. The van der Waals surface area contributed by atoms with Crippen LogP contribution in [0.2, 0.25) is 0 Å². The van der Waals surface area contributed by atoms with Crippen LogP contribution in [0.3, 0.4) is 0 Å². The first-order valence-corrected chi connectivity index (χ1v) is 13.8. The monoisotopic (exact) mass is 562 g/mol. The molecule has 2 aliphatic rings. The fourth-order valence-corrected chi connectivity index (χ4v) is 4.52. The van der Waals surface area contributed by atoms with Crippen molar-refractivity contribution in [1.82, 2.24) is 20.6 Å². The van der Waals surface area contributed by atoms with Gasteiger partial charge in [0.2, 0.25) is 0 Å². The third kappa shape index (κ3) is 7.31. The number of hydrogen-bond donors (Lipinski definition) is 2. The number of nitrogens with zero attached hydrogens (tertiary/aromatic N) is 2. The predicted molar refractivity (Wildman–Crippen MR) is 152 cm³/mol. The van der Waals surface area contributed by atoms with Crippen molar-refractivity contribution in [3.8, 4) is 11.8 Å². The van der Waals surface area contributed by atoms with Crippen LogP contribution in [0.25, 0.3) is 0 Å². The lowest BCUT2D eigenvalue weighted by atomic mass is 9.96. The van der Waals surface area contributed by atoms with Crippen LogP contribution in [0.1, 0.15) is 53.2 Å². The number of nitrogens with one attached hydrogen (secondary N) is 2. The number of hydrogen-bond acceptors (Lipinski definition) is 7. The van der Waals surface area contributed by atoms with Crippen molar-refractivity contribution in [3.63, 3.8) is 0 Å². The maximum absolute atomic E-state index is 13.5. The number of hydroxylamine groups is 2. The van der Waals surface area contributed by atoms with Crippen LogP contribution >= 0.6 is 0 Å². The molecule has 0 radical (unpaired) electrons. The lowest BCUT2D eigenvalue weighted by Gasteiger charge is -2.38. The summed E-state index contributed by atoms with van der Waals surface area (Å²) in [6.45, 7) is 4.25. The summed E-state index contributed by atoms with van der Waals surface area (Å²) in [6.07, 6.45) is 1.90. The normalized spacial score (nSPS) is 18.2. The Balaban J connectivity index is 1.41. The second-order valence-corrected chi connectivity index (χ2v) is 10.4. The SMILES string of the molecule is CNC(=O)C(C)(C(=O)N(C)OC1CCCCO1)N(C)C(=O)c1ccc(C#Cc2ccc(CNC3COC3)cc2)cc1. The van der Waals surface area contributed by atoms with E-state index in [0.717, 1.165) is 53.7 Å². The highest BCUT2D eigenvalue weighted by atomic mass is 16.8. The molecule has 0 aromatic heterocycles. The Hall–Kier alpha value is -3.75. The molecule has 2 aromatic rings. The zero-order valence-corrected chi connectivity index (χ0v) is 24.1. The molecule has 2 fully saturated rings. The minimum atomic E-state index is -1.86. The van der Waals surface area contributed by atoms with Gasteiger partial charge in [0.25, 0.3) is 17.7 Å². The van der Waals surface area contributed by atoms with E-state index in [2.05, 4.69) is 22.5 Å². The molecule has 2 atom stereocenters. The van der Waals surface area contributed by atoms with Gasteiger partial charge in [-0.1, -0.05) is 24.0 Å². The van der Waals surface area contributed by atoms with Gasteiger partial charge >= 0.3 is 0 Å². The largest absolute Gasteiger partial charge is 0.378 e. The van der Waals surface area contributed by atoms with Crippen molar-refractivity contribution in [2.45, 2.75) is 50.6 Å². The summed E-state index contributed by atoms with van der Waals surface area (Å²) in [7, 11) is 4.26. The van der Waals surface area contributed by atoms with Crippen LogP contribution in [0, 0.1) is 11.8 Å². The Labute approximate surface area is 241 Å². The summed E-state index contributed by atoms with van der Waals surface area (Å²) in [5.74, 6) is 4.43. The topological polar surface area (TPSA) is 109 Å². The average molecular weight is 563 g/mol. The summed E-state index contributed by atoms with van der Waals surface area (Å²) in [4.78, 5) is 46.6. The molecule has 10 nitrogen and oxygen atoms in total. The fourth-order valence-electron chi connectivity index (χ4n) is 4.52. The highest BCUT2D eigenvalue weighted by Crippen LogP contribution is 2.23. The quantitative estimate of drug-likeness (QED) is 0.274. The molecule has 2 aliphatic heterocycles. The molecule has 218 valence electrons. The van der Waals surface area contributed by atoms with Crippen LogP contribution < -0.4 is 10.6 Å². The molecule has 41 heavy (non-hydrogen) atoms. The average Bonchev–Trinajstić information content (AvgIpc) is 2.98. The zero-order chi connectivity index (χ0) is 29.4. The third-order valence-electron chi connectivity index (χ3n) is 7.43. The molecular weight excluding hydrogens is 524 g/mol. The summed E-state index contributed by atoms with van der Waals surface area (Å²) in [5, 5.41) is 6.92. The number of amides is 3. The van der Waals surface area contributed by atoms with Gasteiger partial charge in [-0.15, -0.1) is 0 Å². The van der Waals surface area contributed by atoms with Crippen molar-refractivity contribution in [3.05, 3.63) is 70.8 Å². The Morgan fingerprint density at radius 3 is 2.17 bits per heavy atom. The Bertz CT molecular complexity index is 1280. The first kappa shape index (κ1) is 30.2. The van der Waals surface area contributed by atoms with Crippen molar-refractivity contribution in [1.29, 1.82) is 0 Å². The lowest BCUT2D eigenvalue weighted by molar-refractivity contribution is -0.274. The van der Waals surface area contributed by atoms with Gasteiger partial charge in [-0.25, -0.2) is 9.90 Å². The minimum absolute atomic E-state index is 0.314. The molecule has 2 N–H and O–H groups in total. The standard InChI is InChI=1S/C31H38N4O6/c1-31(29(37)32-2,30(38)35(4)41-27-7-5-6-18-40-27)34(3)28(36)25-16-14-23(15-17-25)9-8-22-10-12-24(13-11-22)19-33-26-20-39-21-26/h10-17,26-27,33H,5-7,18-21H2,1-4H3,(H,32,37). The van der Waals surface area contributed by atoms with Crippen molar-refractivity contribution in [2.24, 2.45) is 0 Å². The minimum Gasteiger partial charge on any atom is -0.378 e. The molecule has 0 aliphatic carbocycles. The second-order valence-electron chi connectivity index (χ2n) is 10.4. The number of likely N-dealkylation sites (N-methyl/N-ethyl adjacent to an activating group) is 3. The Morgan fingerprint density at radius 2 is 1.63 bits per heavy atom. The van der Waals surface area contributed by atoms with E-state index in [1.54, 1.807) is 24.3 Å². The molecule has 0 spiro atoms. The van der Waals surface area contributed by atoms with E-state index in [1.807, 2.05) is 24.3 Å². The van der Waals surface area contributed by atoms with E-state index in [1.165, 1.54) is 33.6 Å². The number of carbonyl (C=O) groups is 3. The van der Waals surface area contributed by atoms with Gasteiger partial charge in [0.15, 0.2) is 11.8 Å². The smallest absolute Gasteiger partial charge is 0.281 e. The van der Waals surface area contributed by atoms with Gasteiger partial charge in [0, 0.05) is 57.4 Å². The maximum Gasteiger partial charge on any atom is 0.281 e. The molecule has 0 saturated carbocycles. The van der Waals surface area contributed by atoms with Gasteiger partial charge in [0.1, 0.15) is 0 Å². The molecule has 2 saturated heterocycles. The number of ether oxygens (including phenoxy) is 2. The third-order valence-corrected chi connectivity index (χ3v) is 7.43. The van der Waals surface area contributed by atoms with E-state index in [-0.39, 0.29) is 0 Å². The zero-order valence-electron chi connectivity index (χ0n) is 24.1. The van der Waals surface area contributed by atoms with E-state index >= 15 is 0 Å². The molecule has 0 bridgehead atoms. The lowest BCUT2D eigenvalue weighted by Crippen LogP contribution is -2.65. The van der Waals surface area contributed by atoms with Crippen LogP contribution in [0.4, 0.5) is 0 Å². The van der Waals surface area contributed by atoms with Crippen molar-refractivity contribution >= 4 is 17.7 Å². The van der Waals surface area contributed by atoms with Gasteiger partial charge in [0.05, 0.1) is 19.3 Å². The van der Waals surface area contributed by atoms with Crippen LogP contribution in [0.5, 0.6) is 0 Å². The van der Waals surface area contributed by atoms with Gasteiger partial charge in [-0.2, -0.15) is 0 Å². The van der Waals surface area contributed by atoms with E-state index < -0.39 is 29.6 Å². The van der Waals surface area contributed by atoms with Crippen molar-refractivity contribution < 1.29 is 28.7 Å². The molecule has 2 unspecified atom stereocenters. The van der Waals surface area contributed by atoms with Gasteiger partial charge in [-0.3, -0.25) is 14.4 Å². The molecule has 2 heterocycles. The summed E-state index contributed by atoms with van der Waals surface area (Å²) in [6, 6.07) is 15.2. The van der Waals surface area contributed by atoms with Crippen LogP contribution in [0.15, 0.2) is 48.5 Å². The number of carbonyl (C=O) groups excluding carboxylic acids is 3. The Morgan fingerprint density at radius 1 is 1.00 bits per heavy atom. The second kappa shape index (κ2) is 13.7. The van der Waals surface area contributed by atoms with E-state index in [9.17, 15) is 14.4 Å². The van der Waals surface area contributed by atoms with Gasteiger partial charge < -0.3 is 25.0 Å². The Kier molecular flexibility index (Phi) is 10.1. The van der Waals surface area contributed by atoms with E-state index in [0.29, 0.717) is 24.6 Å². The molecule has 10 heteroatoms. The molecule has 2 aromatic carbocycles. The van der Waals surface area contributed by atoms with Gasteiger partial charge in [-0.05, 0) is 61.7 Å². The first-order valence-electron chi connectivity index (χ1n) is 13.8. The molecule has 4 rings (SSSR count). The summed E-state index contributed by atoms with van der Waals surface area (Å²) < 4.78 is 10.7. The molecule has 3 amide bonds. The van der Waals surface area contributed by atoms with E-state index in [4.69, 9.17) is 14.3 Å². The summed E-state index contributed by atoms with van der Waals surface area (Å²) in [5.41, 5.74) is 1.24. The fraction of sp³-hybridized carbons (Fsp3) is 0.452. The number of rotatable bonds is 9. The van der Waals surface area contributed by atoms with Crippen molar-refractivity contribution in [2.75, 3.05) is 41.0 Å². The maximum atomic E-state index is 13.5. The molecular formula is C31H38N4O6. The van der Waals surface area contributed by atoms with Crippen LogP contribution in [-0.2, 0) is 30.4 Å². The highest BCUT2D eigenvalue weighted by Gasteiger charge is 2.49. The number of benzene rings is 2.